The van der Waals surface area contributed by atoms with Crippen LogP contribution in [0.4, 0.5) is 17.6 Å². The Hall–Kier alpha value is -1.10. The zero-order valence-electron chi connectivity index (χ0n) is 12.2. The van der Waals surface area contributed by atoms with Crippen molar-refractivity contribution in [3.63, 3.8) is 0 Å². The molecule has 0 aliphatic heterocycles. The number of rotatable bonds is 5. The van der Waals surface area contributed by atoms with Gasteiger partial charge in [-0.25, -0.2) is 4.39 Å². The van der Waals surface area contributed by atoms with Crippen molar-refractivity contribution in [3.05, 3.63) is 35.1 Å². The Morgan fingerprint density at radius 1 is 1.10 bits per heavy atom. The molecule has 0 fully saturated rings. The van der Waals surface area contributed by atoms with Crippen LogP contribution in [0.5, 0.6) is 0 Å². The molecule has 0 amide bonds. The van der Waals surface area contributed by atoms with Gasteiger partial charge in [-0.3, -0.25) is 0 Å². The highest BCUT2D eigenvalue weighted by Crippen LogP contribution is 2.30. The molecule has 0 unspecified atom stereocenters. The van der Waals surface area contributed by atoms with Crippen molar-refractivity contribution in [2.24, 2.45) is 11.3 Å². The van der Waals surface area contributed by atoms with E-state index in [1.165, 1.54) is 0 Å². The van der Waals surface area contributed by atoms with E-state index in [0.717, 1.165) is 12.1 Å². The minimum absolute atomic E-state index is 0.0280. The Balaban J connectivity index is 2.72. The van der Waals surface area contributed by atoms with Crippen LogP contribution in [0.3, 0.4) is 0 Å². The molecule has 5 heteroatoms. The lowest BCUT2D eigenvalue weighted by molar-refractivity contribution is -0.137. The maximum atomic E-state index is 13.2. The molecular formula is C15H21F4N. The largest absolute Gasteiger partial charge is 0.416 e. The summed E-state index contributed by atoms with van der Waals surface area (Å²) in [5, 5.41) is 3.10. The summed E-state index contributed by atoms with van der Waals surface area (Å²) < 4.78 is 51.0. The van der Waals surface area contributed by atoms with Crippen molar-refractivity contribution in [2.45, 2.75) is 40.4 Å². The summed E-state index contributed by atoms with van der Waals surface area (Å²) in [6.45, 7) is 9.21. The maximum absolute atomic E-state index is 13.2. The summed E-state index contributed by atoms with van der Waals surface area (Å²) in [5.74, 6) is -0.423. The average Bonchev–Trinajstić information content (AvgIpc) is 2.26. The van der Waals surface area contributed by atoms with Gasteiger partial charge in [-0.1, -0.05) is 27.7 Å². The fourth-order valence-electron chi connectivity index (χ4n) is 1.65. The standard InChI is InChI=1S/C15H21F4N/c1-10(2)14(3,4)9-20-8-11-5-12(15(17,18)19)7-13(16)6-11/h5-7,10,20H,8-9H2,1-4H3. The topological polar surface area (TPSA) is 12.0 Å². The number of benzene rings is 1. The molecule has 0 saturated heterocycles. The molecule has 0 atom stereocenters. The molecule has 1 nitrogen and oxygen atoms in total. The molecule has 0 bridgehead atoms. The van der Waals surface area contributed by atoms with E-state index in [1.807, 2.05) is 0 Å². The van der Waals surface area contributed by atoms with E-state index < -0.39 is 17.6 Å². The first-order valence-corrected chi connectivity index (χ1v) is 6.60. The van der Waals surface area contributed by atoms with Crippen LogP contribution in [0.1, 0.15) is 38.8 Å². The molecule has 0 radical (unpaired) electrons. The molecule has 1 aromatic carbocycles. The minimum atomic E-state index is -4.52. The van der Waals surface area contributed by atoms with Gasteiger partial charge in [0.25, 0.3) is 0 Å². The second-order valence-electron chi connectivity index (χ2n) is 6.09. The molecule has 0 aliphatic rings. The average molecular weight is 291 g/mol. The summed E-state index contributed by atoms with van der Waals surface area (Å²) in [4.78, 5) is 0. The Labute approximate surface area is 117 Å². The first-order valence-electron chi connectivity index (χ1n) is 6.60. The van der Waals surface area contributed by atoms with Gasteiger partial charge in [-0.05, 0) is 35.1 Å². The first-order chi connectivity index (χ1) is 9.02. The van der Waals surface area contributed by atoms with Crippen LogP contribution in [0, 0.1) is 17.2 Å². The van der Waals surface area contributed by atoms with Crippen LogP contribution >= 0.6 is 0 Å². The summed E-state index contributed by atoms with van der Waals surface area (Å²) in [5.41, 5.74) is -0.616. The summed E-state index contributed by atoms with van der Waals surface area (Å²) in [7, 11) is 0. The Bertz CT molecular complexity index is 450. The fraction of sp³-hybridized carbons (Fsp3) is 0.600. The molecule has 114 valence electrons. The summed E-state index contributed by atoms with van der Waals surface area (Å²) in [6, 6.07) is 2.63. The number of alkyl halides is 3. The summed E-state index contributed by atoms with van der Waals surface area (Å²) in [6.07, 6.45) is -4.52. The molecular weight excluding hydrogens is 270 g/mol. The summed E-state index contributed by atoms with van der Waals surface area (Å²) >= 11 is 0. The van der Waals surface area contributed by atoms with E-state index >= 15 is 0 Å². The number of nitrogens with one attached hydrogen (secondary N) is 1. The number of hydrogen-bond donors (Lipinski definition) is 1. The van der Waals surface area contributed by atoms with E-state index in [1.54, 1.807) is 0 Å². The minimum Gasteiger partial charge on any atom is -0.312 e. The van der Waals surface area contributed by atoms with Crippen LogP contribution in [0.15, 0.2) is 18.2 Å². The normalized spacial score (nSPS) is 13.1. The maximum Gasteiger partial charge on any atom is 0.416 e. The van der Waals surface area contributed by atoms with Crippen LogP contribution in [0.25, 0.3) is 0 Å². The fourth-order valence-corrected chi connectivity index (χ4v) is 1.65. The Morgan fingerprint density at radius 3 is 2.20 bits per heavy atom. The molecule has 1 aromatic rings. The molecule has 20 heavy (non-hydrogen) atoms. The van der Waals surface area contributed by atoms with E-state index in [-0.39, 0.29) is 12.0 Å². The quantitative estimate of drug-likeness (QED) is 0.781. The first kappa shape index (κ1) is 17.0. The third-order valence-electron chi connectivity index (χ3n) is 3.76. The highest BCUT2D eigenvalue weighted by atomic mass is 19.4. The molecule has 0 aromatic heterocycles. The third-order valence-corrected chi connectivity index (χ3v) is 3.76. The van der Waals surface area contributed by atoms with Gasteiger partial charge in [0.05, 0.1) is 5.56 Å². The van der Waals surface area contributed by atoms with Gasteiger partial charge in [0.15, 0.2) is 0 Å². The van der Waals surface area contributed by atoms with Crippen LogP contribution in [0.2, 0.25) is 0 Å². The van der Waals surface area contributed by atoms with Crippen molar-refractivity contribution < 1.29 is 17.6 Å². The van der Waals surface area contributed by atoms with E-state index in [0.29, 0.717) is 24.1 Å². The second kappa shape index (κ2) is 6.12. The predicted molar refractivity (Wildman–Crippen MR) is 71.7 cm³/mol. The molecule has 0 saturated carbocycles. The van der Waals surface area contributed by atoms with Gasteiger partial charge in [-0.15, -0.1) is 0 Å². The lowest BCUT2D eigenvalue weighted by Gasteiger charge is -2.29. The Morgan fingerprint density at radius 2 is 1.70 bits per heavy atom. The van der Waals surface area contributed by atoms with Crippen molar-refractivity contribution >= 4 is 0 Å². The highest BCUT2D eigenvalue weighted by molar-refractivity contribution is 5.26. The zero-order chi connectivity index (χ0) is 15.6. The smallest absolute Gasteiger partial charge is 0.312 e. The molecule has 1 N–H and O–H groups in total. The molecule has 0 aliphatic carbocycles. The highest BCUT2D eigenvalue weighted by Gasteiger charge is 2.31. The third kappa shape index (κ3) is 4.78. The monoisotopic (exact) mass is 291 g/mol. The van der Waals surface area contributed by atoms with E-state index in [4.69, 9.17) is 0 Å². The van der Waals surface area contributed by atoms with Gasteiger partial charge >= 0.3 is 6.18 Å². The number of halogens is 4. The van der Waals surface area contributed by atoms with E-state index in [2.05, 4.69) is 33.0 Å². The lowest BCUT2D eigenvalue weighted by atomic mass is 9.81. The van der Waals surface area contributed by atoms with E-state index in [9.17, 15) is 17.6 Å². The number of hydrogen-bond acceptors (Lipinski definition) is 1. The van der Waals surface area contributed by atoms with Crippen molar-refractivity contribution in [1.29, 1.82) is 0 Å². The van der Waals surface area contributed by atoms with Gasteiger partial charge in [0, 0.05) is 13.1 Å². The van der Waals surface area contributed by atoms with Crippen LogP contribution in [-0.2, 0) is 12.7 Å². The van der Waals surface area contributed by atoms with Crippen molar-refractivity contribution in [3.8, 4) is 0 Å². The van der Waals surface area contributed by atoms with Crippen LogP contribution < -0.4 is 5.32 Å². The SMILES string of the molecule is CC(C)C(C)(C)CNCc1cc(F)cc(C(F)(F)F)c1. The van der Waals surface area contributed by atoms with Crippen molar-refractivity contribution in [2.75, 3.05) is 6.54 Å². The van der Waals surface area contributed by atoms with Crippen molar-refractivity contribution in [1.82, 2.24) is 5.32 Å². The van der Waals surface area contributed by atoms with Gasteiger partial charge in [0.2, 0.25) is 0 Å². The van der Waals surface area contributed by atoms with Gasteiger partial charge < -0.3 is 5.32 Å². The molecule has 1 rings (SSSR count). The Kier molecular flexibility index (Phi) is 5.19. The lowest BCUT2D eigenvalue weighted by Crippen LogP contribution is -2.33. The zero-order valence-corrected chi connectivity index (χ0v) is 12.2. The predicted octanol–water partition coefficient (Wildman–Crippen LogP) is 4.62. The molecule has 0 spiro atoms. The molecule has 0 heterocycles. The van der Waals surface area contributed by atoms with Crippen LogP contribution in [-0.4, -0.2) is 6.54 Å². The van der Waals surface area contributed by atoms with Gasteiger partial charge in [0.1, 0.15) is 5.82 Å². The van der Waals surface area contributed by atoms with Gasteiger partial charge in [-0.2, -0.15) is 13.2 Å². The second-order valence-corrected chi connectivity index (χ2v) is 6.09.